The highest BCUT2D eigenvalue weighted by Crippen LogP contribution is 2.43. The van der Waals surface area contributed by atoms with Gasteiger partial charge in [0.15, 0.2) is 0 Å². The fraction of sp³-hybridized carbons (Fsp3) is 0.727. The van der Waals surface area contributed by atoms with Gasteiger partial charge in [0.2, 0.25) is 0 Å². The summed E-state index contributed by atoms with van der Waals surface area (Å²) in [5.41, 5.74) is 2.84. The predicted molar refractivity (Wildman–Crippen MR) is 105 cm³/mol. The maximum Gasteiger partial charge on any atom is 0.123 e. The van der Waals surface area contributed by atoms with Crippen LogP contribution in [0, 0.1) is 5.92 Å². The Morgan fingerprint density at radius 3 is 1.56 bits per heavy atom. The molecule has 0 aliphatic heterocycles. The lowest BCUT2D eigenvalue weighted by atomic mass is 9.73. The lowest BCUT2D eigenvalue weighted by Crippen LogP contribution is -2.23. The smallest absolute Gasteiger partial charge is 0.123 e. The van der Waals surface area contributed by atoms with E-state index in [-0.39, 0.29) is 30.0 Å². The van der Waals surface area contributed by atoms with Gasteiger partial charge in [0.05, 0.1) is 0 Å². The van der Waals surface area contributed by atoms with Crippen LogP contribution < -0.4 is 0 Å². The molecule has 1 aromatic rings. The van der Waals surface area contributed by atoms with Crippen LogP contribution in [0.2, 0.25) is 0 Å². The highest BCUT2D eigenvalue weighted by Gasteiger charge is 2.30. The maximum absolute atomic E-state index is 11.1. The van der Waals surface area contributed by atoms with Gasteiger partial charge >= 0.3 is 0 Å². The number of phenols is 1. The lowest BCUT2D eigenvalue weighted by Gasteiger charge is -2.32. The molecule has 0 aliphatic rings. The standard InChI is InChI=1S/C22H38O3/c1-7-9-21(3,4)18-12-16(11-17(14-23)15-24)13-19(20(18)25)22(5,6)10-8-2/h12-13,17,23-25H,7-11,14-15H2,1-6H3. The fourth-order valence-electron chi connectivity index (χ4n) is 3.88. The summed E-state index contributed by atoms with van der Waals surface area (Å²) in [6.45, 7) is 13.0. The summed E-state index contributed by atoms with van der Waals surface area (Å²) in [6.07, 6.45) is 4.74. The van der Waals surface area contributed by atoms with Crippen LogP contribution in [0.4, 0.5) is 0 Å². The minimum Gasteiger partial charge on any atom is -0.507 e. The second-order valence-electron chi connectivity index (χ2n) is 8.74. The Kier molecular flexibility index (Phi) is 7.95. The second kappa shape index (κ2) is 9.05. The van der Waals surface area contributed by atoms with E-state index in [9.17, 15) is 15.3 Å². The van der Waals surface area contributed by atoms with Crippen molar-refractivity contribution in [3.05, 3.63) is 28.8 Å². The summed E-state index contributed by atoms with van der Waals surface area (Å²) >= 11 is 0. The molecule has 25 heavy (non-hydrogen) atoms. The average molecular weight is 351 g/mol. The van der Waals surface area contributed by atoms with Crippen LogP contribution >= 0.6 is 0 Å². The van der Waals surface area contributed by atoms with Crippen LogP contribution in [0.3, 0.4) is 0 Å². The first-order chi connectivity index (χ1) is 11.6. The van der Waals surface area contributed by atoms with Crippen molar-refractivity contribution in [2.75, 3.05) is 13.2 Å². The van der Waals surface area contributed by atoms with E-state index in [1.54, 1.807) is 0 Å². The van der Waals surface area contributed by atoms with Crippen LogP contribution in [-0.4, -0.2) is 28.5 Å². The van der Waals surface area contributed by atoms with Gasteiger partial charge < -0.3 is 15.3 Å². The number of rotatable bonds is 10. The molecule has 0 fully saturated rings. The Bertz CT molecular complexity index is 503. The zero-order valence-corrected chi connectivity index (χ0v) is 17.0. The number of phenolic OH excluding ortho intramolecular Hbond substituents is 1. The molecule has 0 aromatic heterocycles. The molecule has 0 unspecified atom stereocenters. The second-order valence-corrected chi connectivity index (χ2v) is 8.74. The number of hydrogen-bond acceptors (Lipinski definition) is 3. The van der Waals surface area contributed by atoms with E-state index in [2.05, 4.69) is 53.7 Å². The van der Waals surface area contributed by atoms with Gasteiger partial charge in [-0.15, -0.1) is 0 Å². The first kappa shape index (κ1) is 22.0. The molecule has 0 bridgehead atoms. The van der Waals surface area contributed by atoms with E-state index >= 15 is 0 Å². The van der Waals surface area contributed by atoms with E-state index < -0.39 is 0 Å². The molecule has 144 valence electrons. The molecule has 3 N–H and O–H groups in total. The van der Waals surface area contributed by atoms with E-state index in [1.165, 1.54) is 0 Å². The Morgan fingerprint density at radius 1 is 0.840 bits per heavy atom. The Hall–Kier alpha value is -1.06. The van der Waals surface area contributed by atoms with Crippen molar-refractivity contribution < 1.29 is 15.3 Å². The topological polar surface area (TPSA) is 60.7 Å². The van der Waals surface area contributed by atoms with Gasteiger partial charge in [0, 0.05) is 30.3 Å². The third kappa shape index (κ3) is 5.46. The third-order valence-corrected chi connectivity index (χ3v) is 5.42. The summed E-state index contributed by atoms with van der Waals surface area (Å²) in [6, 6.07) is 4.16. The van der Waals surface area contributed by atoms with Gasteiger partial charge in [-0.2, -0.15) is 0 Å². The summed E-state index contributed by atoms with van der Waals surface area (Å²) in [7, 11) is 0. The zero-order chi connectivity index (χ0) is 19.3. The quantitative estimate of drug-likeness (QED) is 0.573. The maximum atomic E-state index is 11.1. The predicted octanol–water partition coefficient (Wildman–Crippen LogP) is 4.69. The molecule has 3 heteroatoms. The van der Waals surface area contributed by atoms with Crippen molar-refractivity contribution in [3.8, 4) is 5.75 Å². The van der Waals surface area contributed by atoms with Gasteiger partial charge in [-0.3, -0.25) is 0 Å². The largest absolute Gasteiger partial charge is 0.507 e. The Labute approximate surface area is 154 Å². The number of aliphatic hydroxyl groups is 2. The van der Waals surface area contributed by atoms with Crippen molar-refractivity contribution >= 4 is 0 Å². The lowest BCUT2D eigenvalue weighted by molar-refractivity contribution is 0.150. The monoisotopic (exact) mass is 350 g/mol. The SMILES string of the molecule is CCCC(C)(C)c1cc(CC(CO)CO)cc(C(C)(C)CCC)c1O. The number of aliphatic hydroxyl groups excluding tert-OH is 2. The van der Waals surface area contributed by atoms with Crippen LogP contribution in [0.1, 0.15) is 83.9 Å². The van der Waals surface area contributed by atoms with E-state index in [0.717, 1.165) is 42.4 Å². The minimum absolute atomic E-state index is 0.0290. The van der Waals surface area contributed by atoms with Gasteiger partial charge in [-0.05, 0) is 35.7 Å². The highest BCUT2D eigenvalue weighted by atomic mass is 16.3. The average Bonchev–Trinajstić information content (AvgIpc) is 2.53. The van der Waals surface area contributed by atoms with Crippen molar-refractivity contribution in [3.63, 3.8) is 0 Å². The summed E-state index contributed by atoms with van der Waals surface area (Å²) < 4.78 is 0. The Balaban J connectivity index is 3.50. The normalized spacial score (nSPS) is 12.8. The van der Waals surface area contributed by atoms with Crippen LogP contribution in [0.15, 0.2) is 12.1 Å². The van der Waals surface area contributed by atoms with Crippen LogP contribution in [-0.2, 0) is 17.3 Å². The van der Waals surface area contributed by atoms with Crippen molar-refractivity contribution in [2.24, 2.45) is 5.92 Å². The molecule has 0 saturated heterocycles. The first-order valence-corrected chi connectivity index (χ1v) is 9.71. The Morgan fingerprint density at radius 2 is 1.24 bits per heavy atom. The van der Waals surface area contributed by atoms with E-state index in [1.807, 2.05) is 0 Å². The fourth-order valence-corrected chi connectivity index (χ4v) is 3.88. The molecule has 0 atom stereocenters. The molecule has 0 heterocycles. The van der Waals surface area contributed by atoms with Crippen molar-refractivity contribution in [1.29, 1.82) is 0 Å². The molecular weight excluding hydrogens is 312 g/mol. The number of aromatic hydroxyl groups is 1. The molecule has 0 spiro atoms. The molecule has 1 rings (SSSR count). The molecule has 3 nitrogen and oxygen atoms in total. The first-order valence-electron chi connectivity index (χ1n) is 9.71. The molecule has 0 amide bonds. The summed E-state index contributed by atoms with van der Waals surface area (Å²) in [5, 5.41) is 30.0. The summed E-state index contributed by atoms with van der Waals surface area (Å²) in [5.74, 6) is 0.263. The van der Waals surface area contributed by atoms with Gasteiger partial charge in [0.25, 0.3) is 0 Å². The van der Waals surface area contributed by atoms with Gasteiger partial charge in [-0.1, -0.05) is 66.5 Å². The number of benzene rings is 1. The van der Waals surface area contributed by atoms with Crippen LogP contribution in [0.25, 0.3) is 0 Å². The molecule has 0 saturated carbocycles. The van der Waals surface area contributed by atoms with E-state index in [4.69, 9.17) is 0 Å². The molecule has 0 radical (unpaired) electrons. The van der Waals surface area contributed by atoms with Gasteiger partial charge in [0.1, 0.15) is 5.75 Å². The molecule has 0 aliphatic carbocycles. The summed E-state index contributed by atoms with van der Waals surface area (Å²) in [4.78, 5) is 0. The van der Waals surface area contributed by atoms with E-state index in [0.29, 0.717) is 12.2 Å². The third-order valence-electron chi connectivity index (χ3n) is 5.42. The number of hydrogen-bond donors (Lipinski definition) is 3. The molecule has 1 aromatic carbocycles. The van der Waals surface area contributed by atoms with Crippen molar-refractivity contribution in [1.82, 2.24) is 0 Å². The van der Waals surface area contributed by atoms with Gasteiger partial charge in [-0.25, -0.2) is 0 Å². The molecular formula is C22H38O3. The highest BCUT2D eigenvalue weighted by molar-refractivity contribution is 5.50. The minimum atomic E-state index is -0.159. The van der Waals surface area contributed by atoms with Crippen molar-refractivity contribution in [2.45, 2.75) is 84.5 Å². The van der Waals surface area contributed by atoms with Crippen LogP contribution in [0.5, 0.6) is 5.75 Å². The zero-order valence-electron chi connectivity index (χ0n) is 17.0.